The molecule has 0 spiro atoms. The van der Waals surface area contributed by atoms with E-state index in [9.17, 15) is 5.11 Å². The highest BCUT2D eigenvalue weighted by atomic mass is 16.6. The van der Waals surface area contributed by atoms with Crippen molar-refractivity contribution >= 4 is 0 Å². The van der Waals surface area contributed by atoms with E-state index in [2.05, 4.69) is 4.90 Å². The normalized spacial score (nSPS) is 34.0. The molecule has 3 unspecified atom stereocenters. The van der Waals surface area contributed by atoms with Crippen molar-refractivity contribution in [2.45, 2.75) is 102 Å². The van der Waals surface area contributed by atoms with Crippen molar-refractivity contribution in [3.05, 3.63) is 0 Å². The minimum absolute atomic E-state index is 0.126. The Morgan fingerprint density at radius 3 is 2.41 bits per heavy atom. The van der Waals surface area contributed by atoms with Crippen molar-refractivity contribution in [1.82, 2.24) is 4.90 Å². The van der Waals surface area contributed by atoms with Crippen molar-refractivity contribution < 1.29 is 9.84 Å². The predicted molar refractivity (Wildman–Crippen MR) is 89.8 cm³/mol. The van der Waals surface area contributed by atoms with Gasteiger partial charge < -0.3 is 9.84 Å². The van der Waals surface area contributed by atoms with Gasteiger partial charge in [-0.05, 0) is 25.2 Å². The van der Waals surface area contributed by atoms with E-state index in [-0.39, 0.29) is 6.10 Å². The number of unbranched alkanes of at least 4 members (excludes halogenated alkanes) is 3. The highest BCUT2D eigenvalue weighted by molar-refractivity contribution is 4.88. The van der Waals surface area contributed by atoms with Crippen LogP contribution in [0, 0.1) is 5.92 Å². The highest BCUT2D eigenvalue weighted by Gasteiger charge is 2.43. The fourth-order valence-electron chi connectivity index (χ4n) is 4.49. The Hall–Kier alpha value is -0.120. The zero-order valence-corrected chi connectivity index (χ0v) is 14.2. The third-order valence-electron chi connectivity index (χ3n) is 5.92. The molecule has 0 amide bonds. The van der Waals surface area contributed by atoms with Crippen molar-refractivity contribution in [1.29, 1.82) is 0 Å². The monoisotopic (exact) mass is 309 g/mol. The number of ether oxygens (including phenoxy) is 1. The lowest BCUT2D eigenvalue weighted by molar-refractivity contribution is 0.0450. The number of aliphatic hydroxyl groups is 1. The van der Waals surface area contributed by atoms with Crippen molar-refractivity contribution in [3.63, 3.8) is 0 Å². The molecule has 0 radical (unpaired) electrons. The lowest BCUT2D eigenvalue weighted by Gasteiger charge is -2.28. The molecule has 2 saturated heterocycles. The van der Waals surface area contributed by atoms with Crippen LogP contribution in [0.1, 0.15) is 83.5 Å². The van der Waals surface area contributed by atoms with Gasteiger partial charge in [0, 0.05) is 13.1 Å². The molecule has 22 heavy (non-hydrogen) atoms. The van der Waals surface area contributed by atoms with Gasteiger partial charge in [-0.3, -0.25) is 4.90 Å². The van der Waals surface area contributed by atoms with Gasteiger partial charge in [0.05, 0.1) is 12.2 Å². The van der Waals surface area contributed by atoms with Crippen LogP contribution in [0.5, 0.6) is 0 Å². The summed E-state index contributed by atoms with van der Waals surface area (Å²) in [5.74, 6) is 1.05. The molecule has 1 N–H and O–H groups in total. The third-order valence-corrected chi connectivity index (χ3v) is 5.92. The maximum absolute atomic E-state index is 9.73. The number of nitrogens with zero attached hydrogens (tertiary/aromatic N) is 1. The smallest absolute Gasteiger partial charge is 0.137 e. The van der Waals surface area contributed by atoms with Gasteiger partial charge in [0.1, 0.15) is 6.23 Å². The minimum atomic E-state index is -0.126. The Morgan fingerprint density at radius 2 is 1.64 bits per heavy atom. The van der Waals surface area contributed by atoms with Gasteiger partial charge in [0.25, 0.3) is 0 Å². The molecule has 0 bridgehead atoms. The molecule has 2 heterocycles. The second-order valence-corrected chi connectivity index (χ2v) is 7.85. The first-order valence-corrected chi connectivity index (χ1v) is 9.90. The van der Waals surface area contributed by atoms with Gasteiger partial charge >= 0.3 is 0 Å². The first kappa shape index (κ1) is 16.7. The number of rotatable bonds is 8. The largest absolute Gasteiger partial charge is 0.392 e. The summed E-state index contributed by atoms with van der Waals surface area (Å²) in [5.41, 5.74) is 0. The van der Waals surface area contributed by atoms with Crippen LogP contribution in [-0.2, 0) is 4.74 Å². The predicted octanol–water partition coefficient (Wildman–Crippen LogP) is 4.09. The third kappa shape index (κ3) is 5.21. The molecule has 0 aromatic heterocycles. The average molecular weight is 309 g/mol. The molecular weight excluding hydrogens is 274 g/mol. The van der Waals surface area contributed by atoms with Gasteiger partial charge in [-0.25, -0.2) is 0 Å². The van der Waals surface area contributed by atoms with E-state index in [1.807, 2.05) is 0 Å². The van der Waals surface area contributed by atoms with Crippen LogP contribution >= 0.6 is 0 Å². The summed E-state index contributed by atoms with van der Waals surface area (Å²) < 4.78 is 5.82. The summed E-state index contributed by atoms with van der Waals surface area (Å²) in [5, 5.41) is 9.73. The molecule has 0 aromatic carbocycles. The van der Waals surface area contributed by atoms with Crippen LogP contribution in [0.15, 0.2) is 0 Å². The van der Waals surface area contributed by atoms with E-state index in [1.54, 1.807) is 0 Å². The molecule has 3 heteroatoms. The van der Waals surface area contributed by atoms with Gasteiger partial charge in [0.2, 0.25) is 0 Å². The summed E-state index contributed by atoms with van der Waals surface area (Å²) in [6, 6.07) is 0. The Kier molecular flexibility index (Phi) is 6.58. The summed E-state index contributed by atoms with van der Waals surface area (Å²) in [4.78, 5) is 2.35. The SMILES string of the molecule is OC1CCCN(C2OC2CCCCCCC2CCCCC2)C1. The number of hydrogen-bond donors (Lipinski definition) is 1. The Morgan fingerprint density at radius 1 is 0.864 bits per heavy atom. The van der Waals surface area contributed by atoms with Crippen molar-refractivity contribution in [3.8, 4) is 0 Å². The molecule has 3 aliphatic rings. The molecule has 3 atom stereocenters. The first-order chi connectivity index (χ1) is 10.8. The Bertz CT molecular complexity index is 317. The fraction of sp³-hybridized carbons (Fsp3) is 1.00. The number of β-amino-alcohol motifs (C(OH)–C–C–N with tert-alkyl or cyclic N) is 1. The number of likely N-dealkylation sites (tertiary alicyclic amines) is 1. The first-order valence-electron chi connectivity index (χ1n) is 9.90. The lowest BCUT2D eigenvalue weighted by Crippen LogP contribution is -2.40. The summed E-state index contributed by atoms with van der Waals surface area (Å²) in [6.07, 6.45) is 18.5. The zero-order chi connectivity index (χ0) is 15.2. The molecule has 1 aliphatic carbocycles. The van der Waals surface area contributed by atoms with Crippen molar-refractivity contribution in [2.24, 2.45) is 5.92 Å². The lowest BCUT2D eigenvalue weighted by atomic mass is 9.85. The zero-order valence-electron chi connectivity index (χ0n) is 14.2. The van der Waals surface area contributed by atoms with E-state index >= 15 is 0 Å². The van der Waals surface area contributed by atoms with E-state index < -0.39 is 0 Å². The van der Waals surface area contributed by atoms with E-state index in [1.165, 1.54) is 70.6 Å². The van der Waals surface area contributed by atoms with E-state index in [0.717, 1.165) is 31.8 Å². The molecule has 128 valence electrons. The number of aliphatic hydroxyl groups excluding tert-OH is 1. The number of hydrogen-bond acceptors (Lipinski definition) is 3. The molecule has 3 fully saturated rings. The van der Waals surface area contributed by atoms with Crippen LogP contribution in [0.3, 0.4) is 0 Å². The van der Waals surface area contributed by atoms with Gasteiger partial charge in [-0.1, -0.05) is 64.2 Å². The fourth-order valence-corrected chi connectivity index (χ4v) is 4.49. The summed E-state index contributed by atoms with van der Waals surface area (Å²) in [7, 11) is 0. The Labute approximate surface area is 136 Å². The maximum atomic E-state index is 9.73. The molecule has 0 aromatic rings. The second-order valence-electron chi connectivity index (χ2n) is 7.85. The summed E-state index contributed by atoms with van der Waals surface area (Å²) >= 11 is 0. The van der Waals surface area contributed by atoms with Gasteiger partial charge in [-0.15, -0.1) is 0 Å². The topological polar surface area (TPSA) is 36.0 Å². The quantitative estimate of drug-likeness (QED) is 0.542. The number of piperidine rings is 1. The van der Waals surface area contributed by atoms with Crippen LogP contribution in [0.25, 0.3) is 0 Å². The average Bonchev–Trinajstić information content (AvgIpc) is 3.31. The highest BCUT2D eigenvalue weighted by Crippen LogP contribution is 2.33. The maximum Gasteiger partial charge on any atom is 0.137 e. The molecule has 2 aliphatic heterocycles. The van der Waals surface area contributed by atoms with Crippen LogP contribution in [-0.4, -0.2) is 41.5 Å². The second kappa shape index (κ2) is 8.65. The molecule has 3 rings (SSSR count). The van der Waals surface area contributed by atoms with Gasteiger partial charge in [-0.2, -0.15) is 0 Å². The Balaban J connectivity index is 1.17. The number of epoxide rings is 1. The van der Waals surface area contributed by atoms with Crippen LogP contribution in [0.4, 0.5) is 0 Å². The van der Waals surface area contributed by atoms with Crippen LogP contribution < -0.4 is 0 Å². The van der Waals surface area contributed by atoms with E-state index in [0.29, 0.717) is 12.3 Å². The molecule has 1 saturated carbocycles. The van der Waals surface area contributed by atoms with Crippen molar-refractivity contribution in [2.75, 3.05) is 13.1 Å². The summed E-state index contributed by atoms with van der Waals surface area (Å²) in [6.45, 7) is 1.93. The van der Waals surface area contributed by atoms with Crippen LogP contribution in [0.2, 0.25) is 0 Å². The van der Waals surface area contributed by atoms with Gasteiger partial charge in [0.15, 0.2) is 0 Å². The molecular formula is C19H35NO2. The minimum Gasteiger partial charge on any atom is -0.392 e. The molecule has 3 nitrogen and oxygen atoms in total. The standard InChI is InChI=1S/C19H35NO2/c21-17-12-8-14-20(15-17)19-18(22-19)13-7-2-1-4-9-16-10-5-3-6-11-16/h16-19,21H,1-15H2. The van der Waals surface area contributed by atoms with E-state index in [4.69, 9.17) is 4.74 Å².